The maximum atomic E-state index is 13.4. The Kier molecular flexibility index (Phi) is 4.17. The number of carboxylic acid groups (broad SMARTS) is 1. The van der Waals surface area contributed by atoms with Crippen molar-refractivity contribution in [3.63, 3.8) is 0 Å². The molecule has 92 valence electrons. The molecule has 17 heavy (non-hydrogen) atoms. The van der Waals surface area contributed by atoms with E-state index in [1.165, 1.54) is 26.2 Å². The first-order chi connectivity index (χ1) is 7.95. The molecule has 0 saturated heterocycles. The molecule has 0 spiro atoms. The number of aromatic carboxylic acids is 1. The zero-order valence-corrected chi connectivity index (χ0v) is 9.36. The van der Waals surface area contributed by atoms with Gasteiger partial charge in [-0.3, -0.25) is 4.79 Å². The van der Waals surface area contributed by atoms with Crippen molar-refractivity contribution in [1.29, 1.82) is 0 Å². The van der Waals surface area contributed by atoms with Crippen LogP contribution < -0.4 is 5.32 Å². The highest BCUT2D eigenvalue weighted by Crippen LogP contribution is 2.16. The molecule has 0 aliphatic carbocycles. The molecular formula is C11H12FNO4. The summed E-state index contributed by atoms with van der Waals surface area (Å²) in [6.45, 7) is 1.51. The van der Waals surface area contributed by atoms with Crippen LogP contribution in [0.2, 0.25) is 0 Å². The molecule has 0 bridgehead atoms. The molecule has 1 unspecified atom stereocenters. The largest absolute Gasteiger partial charge is 0.478 e. The van der Waals surface area contributed by atoms with E-state index in [1.54, 1.807) is 0 Å². The average molecular weight is 241 g/mol. The smallest absolute Gasteiger partial charge is 0.335 e. The monoisotopic (exact) mass is 241 g/mol. The zero-order chi connectivity index (χ0) is 13.0. The van der Waals surface area contributed by atoms with E-state index in [0.717, 1.165) is 6.07 Å². The highest BCUT2D eigenvalue weighted by molar-refractivity contribution is 5.95. The first-order valence-electron chi connectivity index (χ1n) is 4.82. The number of methoxy groups -OCH3 is 1. The third kappa shape index (κ3) is 3.25. The molecule has 0 radical (unpaired) electrons. The lowest BCUT2D eigenvalue weighted by atomic mass is 10.2. The number of anilines is 1. The van der Waals surface area contributed by atoms with Gasteiger partial charge in [0.15, 0.2) is 0 Å². The number of rotatable bonds is 4. The minimum atomic E-state index is -1.23. The summed E-state index contributed by atoms with van der Waals surface area (Å²) in [6, 6.07) is 3.24. The molecule has 1 aromatic rings. The van der Waals surface area contributed by atoms with Gasteiger partial charge in [-0.15, -0.1) is 0 Å². The summed E-state index contributed by atoms with van der Waals surface area (Å²) < 4.78 is 18.2. The van der Waals surface area contributed by atoms with Crippen LogP contribution in [0.5, 0.6) is 0 Å². The first kappa shape index (κ1) is 13.1. The fourth-order valence-electron chi connectivity index (χ4n) is 1.09. The SMILES string of the molecule is COC(C)C(=O)Nc1ccc(C(=O)O)cc1F. The minimum absolute atomic E-state index is 0.0797. The van der Waals surface area contributed by atoms with Gasteiger partial charge in [0.2, 0.25) is 0 Å². The summed E-state index contributed by atoms with van der Waals surface area (Å²) in [6.07, 6.45) is -0.714. The van der Waals surface area contributed by atoms with Crippen molar-refractivity contribution in [2.45, 2.75) is 13.0 Å². The molecule has 0 aliphatic rings. The number of nitrogens with one attached hydrogen (secondary N) is 1. The fraction of sp³-hybridized carbons (Fsp3) is 0.273. The van der Waals surface area contributed by atoms with Crippen LogP contribution >= 0.6 is 0 Å². The summed E-state index contributed by atoms with van der Waals surface area (Å²) in [5.41, 5.74) is -0.260. The van der Waals surface area contributed by atoms with Gasteiger partial charge in [-0.25, -0.2) is 9.18 Å². The van der Waals surface area contributed by atoms with Crippen LogP contribution in [-0.4, -0.2) is 30.2 Å². The molecule has 1 amide bonds. The van der Waals surface area contributed by atoms with Crippen LogP contribution in [0.25, 0.3) is 0 Å². The van der Waals surface area contributed by atoms with E-state index < -0.39 is 23.8 Å². The minimum Gasteiger partial charge on any atom is -0.478 e. The van der Waals surface area contributed by atoms with E-state index >= 15 is 0 Å². The predicted molar refractivity (Wildman–Crippen MR) is 58.5 cm³/mol. The van der Waals surface area contributed by atoms with Gasteiger partial charge in [-0.1, -0.05) is 0 Å². The Hall–Kier alpha value is -1.95. The van der Waals surface area contributed by atoms with Gasteiger partial charge < -0.3 is 15.2 Å². The second kappa shape index (κ2) is 5.40. The second-order valence-corrected chi connectivity index (χ2v) is 3.37. The van der Waals surface area contributed by atoms with Gasteiger partial charge in [0, 0.05) is 7.11 Å². The Morgan fingerprint density at radius 1 is 1.47 bits per heavy atom. The highest BCUT2D eigenvalue weighted by Gasteiger charge is 2.14. The predicted octanol–water partition coefficient (Wildman–Crippen LogP) is 1.50. The van der Waals surface area contributed by atoms with E-state index in [2.05, 4.69) is 5.32 Å². The van der Waals surface area contributed by atoms with E-state index in [1.807, 2.05) is 0 Å². The van der Waals surface area contributed by atoms with E-state index in [-0.39, 0.29) is 11.3 Å². The van der Waals surface area contributed by atoms with Gasteiger partial charge in [0.1, 0.15) is 11.9 Å². The molecule has 1 rings (SSSR count). The Balaban J connectivity index is 2.86. The molecule has 1 aromatic carbocycles. The standard InChI is InChI=1S/C11H12FNO4/c1-6(17-2)10(14)13-9-4-3-7(11(15)16)5-8(9)12/h3-6H,1-2H3,(H,13,14)(H,15,16). The van der Waals surface area contributed by atoms with Gasteiger partial charge in [-0.2, -0.15) is 0 Å². The van der Waals surface area contributed by atoms with Crippen LogP contribution in [0.15, 0.2) is 18.2 Å². The highest BCUT2D eigenvalue weighted by atomic mass is 19.1. The number of carboxylic acids is 1. The third-order valence-corrected chi connectivity index (χ3v) is 2.20. The van der Waals surface area contributed by atoms with Crippen LogP contribution in [0.3, 0.4) is 0 Å². The van der Waals surface area contributed by atoms with Gasteiger partial charge >= 0.3 is 5.97 Å². The maximum Gasteiger partial charge on any atom is 0.335 e. The molecule has 0 fully saturated rings. The Morgan fingerprint density at radius 3 is 2.59 bits per heavy atom. The number of hydrogen-bond donors (Lipinski definition) is 2. The Bertz CT molecular complexity index is 447. The topological polar surface area (TPSA) is 75.6 Å². The van der Waals surface area contributed by atoms with Crippen LogP contribution in [0.4, 0.5) is 10.1 Å². The van der Waals surface area contributed by atoms with Crippen molar-refractivity contribution in [3.8, 4) is 0 Å². The molecule has 0 saturated carbocycles. The normalized spacial score (nSPS) is 11.9. The van der Waals surface area contributed by atoms with E-state index in [0.29, 0.717) is 0 Å². The maximum absolute atomic E-state index is 13.4. The van der Waals surface area contributed by atoms with Crippen LogP contribution in [0, 0.1) is 5.82 Å². The number of halogens is 1. The number of carbonyl (C=O) groups is 2. The van der Waals surface area contributed by atoms with Crippen molar-refractivity contribution in [1.82, 2.24) is 0 Å². The molecule has 6 heteroatoms. The molecule has 0 heterocycles. The molecule has 0 aromatic heterocycles. The molecule has 5 nitrogen and oxygen atoms in total. The number of carbonyl (C=O) groups excluding carboxylic acids is 1. The fourth-order valence-corrected chi connectivity index (χ4v) is 1.09. The lowest BCUT2D eigenvalue weighted by Crippen LogP contribution is -2.27. The first-order valence-corrected chi connectivity index (χ1v) is 4.82. The second-order valence-electron chi connectivity index (χ2n) is 3.37. The van der Waals surface area contributed by atoms with Crippen molar-refractivity contribution in [3.05, 3.63) is 29.6 Å². The molecular weight excluding hydrogens is 229 g/mol. The molecule has 0 aliphatic heterocycles. The van der Waals surface area contributed by atoms with Gasteiger partial charge in [-0.05, 0) is 25.1 Å². The quantitative estimate of drug-likeness (QED) is 0.837. The van der Waals surface area contributed by atoms with Crippen LogP contribution in [0.1, 0.15) is 17.3 Å². The Morgan fingerprint density at radius 2 is 2.12 bits per heavy atom. The van der Waals surface area contributed by atoms with E-state index in [9.17, 15) is 14.0 Å². The molecule has 1 atom stereocenters. The van der Waals surface area contributed by atoms with E-state index in [4.69, 9.17) is 9.84 Å². The average Bonchev–Trinajstić information content (AvgIpc) is 2.30. The number of amides is 1. The summed E-state index contributed by atoms with van der Waals surface area (Å²) in [4.78, 5) is 22.0. The molecule has 2 N–H and O–H groups in total. The lowest BCUT2D eigenvalue weighted by molar-refractivity contribution is -0.124. The summed E-state index contributed by atoms with van der Waals surface area (Å²) in [5.74, 6) is -2.54. The van der Waals surface area contributed by atoms with Gasteiger partial charge in [0.25, 0.3) is 5.91 Å². The third-order valence-electron chi connectivity index (χ3n) is 2.20. The van der Waals surface area contributed by atoms with Crippen molar-refractivity contribution in [2.75, 3.05) is 12.4 Å². The summed E-state index contributed by atoms with van der Waals surface area (Å²) in [7, 11) is 1.36. The summed E-state index contributed by atoms with van der Waals surface area (Å²) >= 11 is 0. The lowest BCUT2D eigenvalue weighted by Gasteiger charge is -2.11. The number of hydrogen-bond acceptors (Lipinski definition) is 3. The van der Waals surface area contributed by atoms with Gasteiger partial charge in [0.05, 0.1) is 11.3 Å². The van der Waals surface area contributed by atoms with Crippen molar-refractivity contribution >= 4 is 17.6 Å². The summed E-state index contributed by atoms with van der Waals surface area (Å²) in [5, 5.41) is 10.9. The van der Waals surface area contributed by atoms with Crippen molar-refractivity contribution < 1.29 is 23.8 Å². The Labute approximate surface area is 97.2 Å². The zero-order valence-electron chi connectivity index (χ0n) is 9.36. The number of benzene rings is 1. The van der Waals surface area contributed by atoms with Crippen LogP contribution in [-0.2, 0) is 9.53 Å². The number of ether oxygens (including phenoxy) is 1. The van der Waals surface area contributed by atoms with Crippen molar-refractivity contribution in [2.24, 2.45) is 0 Å².